The lowest BCUT2D eigenvalue weighted by atomic mass is 9.57. The van der Waals surface area contributed by atoms with Crippen molar-refractivity contribution in [3.63, 3.8) is 0 Å². The number of hydrogen-bond acceptors (Lipinski definition) is 3. The van der Waals surface area contributed by atoms with Crippen LogP contribution in [0.2, 0.25) is 0 Å². The van der Waals surface area contributed by atoms with E-state index in [-0.39, 0.29) is 18.3 Å². The molecule has 0 amide bonds. The van der Waals surface area contributed by atoms with Gasteiger partial charge in [-0.1, -0.05) is 29.9 Å². The van der Waals surface area contributed by atoms with E-state index in [0.29, 0.717) is 18.3 Å². The molecule has 3 N–H and O–H groups in total. The predicted octanol–water partition coefficient (Wildman–Crippen LogP) is 2.74. The molecule has 0 aliphatic heterocycles. The Balaban J connectivity index is 1.63. The molecule has 3 aliphatic rings. The Hall–Kier alpha value is -1.31. The standard InChI is InChI=1S/C20H28O4/c1-20(24,14-5-3-6-14)11-10-16-17-12-13(4-2-7-19(22)23)15(17)8-9-18(16)21/h4,14-18,21,24H,2-3,5-9,12H2,1H3,(H,22,23)/b13-4-/t15-,16-,17+,18-,20?/m0/s1. The van der Waals surface area contributed by atoms with Gasteiger partial charge in [-0.05, 0) is 63.2 Å². The van der Waals surface area contributed by atoms with Crippen LogP contribution in [0.1, 0.15) is 58.3 Å². The topological polar surface area (TPSA) is 77.8 Å². The van der Waals surface area contributed by atoms with Gasteiger partial charge >= 0.3 is 5.97 Å². The SMILES string of the molecule is CC(O)(C#C[C@H]1[C@@H]2C/C(=C/CCC(=O)O)[C@@H]2CC[C@@H]1O)C1CCC1. The van der Waals surface area contributed by atoms with E-state index >= 15 is 0 Å². The van der Waals surface area contributed by atoms with Crippen LogP contribution in [-0.2, 0) is 4.79 Å². The first kappa shape index (κ1) is 17.5. The second kappa shape index (κ2) is 6.90. The Morgan fingerprint density at radius 3 is 2.71 bits per heavy atom. The molecule has 0 aromatic carbocycles. The molecule has 3 aliphatic carbocycles. The van der Waals surface area contributed by atoms with E-state index in [4.69, 9.17) is 5.11 Å². The average Bonchev–Trinajstić information content (AvgIpc) is 2.40. The van der Waals surface area contributed by atoms with Crippen molar-refractivity contribution >= 4 is 5.97 Å². The van der Waals surface area contributed by atoms with Crippen LogP contribution in [0.4, 0.5) is 0 Å². The molecule has 3 saturated carbocycles. The Labute approximate surface area is 144 Å². The van der Waals surface area contributed by atoms with Crippen LogP contribution in [-0.4, -0.2) is 33.0 Å². The van der Waals surface area contributed by atoms with E-state index in [1.54, 1.807) is 6.92 Å². The molecule has 0 saturated heterocycles. The number of carboxylic acids is 1. The van der Waals surface area contributed by atoms with Crippen molar-refractivity contribution in [1.29, 1.82) is 0 Å². The first-order valence-electron chi connectivity index (χ1n) is 9.22. The van der Waals surface area contributed by atoms with Crippen molar-refractivity contribution in [1.82, 2.24) is 0 Å². The first-order valence-corrected chi connectivity index (χ1v) is 9.22. The number of aliphatic hydroxyl groups excluding tert-OH is 1. The third-order valence-electron chi connectivity index (χ3n) is 6.27. The van der Waals surface area contributed by atoms with Gasteiger partial charge in [0.2, 0.25) is 0 Å². The molecule has 0 heterocycles. The maximum atomic E-state index is 10.6. The number of aliphatic hydroxyl groups is 2. The van der Waals surface area contributed by atoms with E-state index in [9.17, 15) is 15.0 Å². The smallest absolute Gasteiger partial charge is 0.303 e. The summed E-state index contributed by atoms with van der Waals surface area (Å²) < 4.78 is 0. The van der Waals surface area contributed by atoms with Crippen LogP contribution < -0.4 is 0 Å². The monoisotopic (exact) mass is 332 g/mol. The van der Waals surface area contributed by atoms with Crippen LogP contribution >= 0.6 is 0 Å². The molecule has 0 aromatic rings. The molecular formula is C20H28O4. The molecule has 24 heavy (non-hydrogen) atoms. The summed E-state index contributed by atoms with van der Waals surface area (Å²) in [5, 5.41) is 29.6. The zero-order chi connectivity index (χ0) is 17.3. The van der Waals surface area contributed by atoms with Crippen molar-refractivity contribution in [2.45, 2.75) is 70.0 Å². The summed E-state index contributed by atoms with van der Waals surface area (Å²) in [7, 11) is 0. The van der Waals surface area contributed by atoms with Gasteiger partial charge < -0.3 is 15.3 Å². The number of fused-ring (bicyclic) bond motifs is 1. The highest BCUT2D eigenvalue weighted by atomic mass is 16.4. The number of allylic oxidation sites excluding steroid dienone is 2. The lowest BCUT2D eigenvalue weighted by Crippen LogP contribution is -2.45. The van der Waals surface area contributed by atoms with E-state index in [1.807, 2.05) is 0 Å². The number of carboxylic acid groups (broad SMARTS) is 1. The molecule has 132 valence electrons. The van der Waals surface area contributed by atoms with Gasteiger partial charge in [-0.2, -0.15) is 0 Å². The molecule has 4 nitrogen and oxygen atoms in total. The maximum absolute atomic E-state index is 10.6. The van der Waals surface area contributed by atoms with E-state index in [2.05, 4.69) is 17.9 Å². The van der Waals surface area contributed by atoms with Crippen LogP contribution in [0.25, 0.3) is 0 Å². The fraction of sp³-hybridized carbons (Fsp3) is 0.750. The molecular weight excluding hydrogens is 304 g/mol. The highest BCUT2D eigenvalue weighted by Crippen LogP contribution is 2.51. The summed E-state index contributed by atoms with van der Waals surface area (Å²) in [4.78, 5) is 10.6. The predicted molar refractivity (Wildman–Crippen MR) is 91.0 cm³/mol. The zero-order valence-corrected chi connectivity index (χ0v) is 14.4. The lowest BCUT2D eigenvalue weighted by Gasteiger charge is -2.48. The molecule has 0 aromatic heterocycles. The molecule has 0 bridgehead atoms. The van der Waals surface area contributed by atoms with Crippen molar-refractivity contribution in [2.75, 3.05) is 0 Å². The normalized spacial score (nSPS) is 36.5. The second-order valence-electron chi connectivity index (χ2n) is 7.90. The van der Waals surface area contributed by atoms with Crippen molar-refractivity contribution < 1.29 is 20.1 Å². The van der Waals surface area contributed by atoms with E-state index in [0.717, 1.165) is 32.1 Å². The van der Waals surface area contributed by atoms with Gasteiger partial charge in [0.25, 0.3) is 0 Å². The van der Waals surface area contributed by atoms with Crippen molar-refractivity contribution in [2.24, 2.45) is 23.7 Å². The zero-order valence-electron chi connectivity index (χ0n) is 14.4. The van der Waals surface area contributed by atoms with Gasteiger partial charge in [-0.25, -0.2) is 0 Å². The van der Waals surface area contributed by atoms with Crippen LogP contribution in [0.5, 0.6) is 0 Å². The van der Waals surface area contributed by atoms with Gasteiger partial charge in [0.15, 0.2) is 0 Å². The fourth-order valence-corrected chi connectivity index (χ4v) is 4.39. The third-order valence-corrected chi connectivity index (χ3v) is 6.27. The van der Waals surface area contributed by atoms with Crippen LogP contribution in [0.3, 0.4) is 0 Å². The minimum Gasteiger partial charge on any atom is -0.481 e. The lowest BCUT2D eigenvalue weighted by molar-refractivity contribution is -0.136. The largest absolute Gasteiger partial charge is 0.481 e. The number of hydrogen-bond donors (Lipinski definition) is 3. The summed E-state index contributed by atoms with van der Waals surface area (Å²) in [5.41, 5.74) is 0.403. The molecule has 3 rings (SSSR count). The van der Waals surface area contributed by atoms with Gasteiger partial charge in [0.05, 0.1) is 12.0 Å². The van der Waals surface area contributed by atoms with E-state index < -0.39 is 17.7 Å². The third kappa shape index (κ3) is 3.53. The number of rotatable bonds is 4. The van der Waals surface area contributed by atoms with E-state index in [1.165, 1.54) is 12.0 Å². The minimum absolute atomic E-state index is 0.0630. The molecule has 3 fully saturated rings. The number of aliphatic carboxylic acids is 1. The fourth-order valence-electron chi connectivity index (χ4n) is 4.39. The Kier molecular flexibility index (Phi) is 5.03. The summed E-state index contributed by atoms with van der Waals surface area (Å²) in [6.07, 6.45) is 8.29. The van der Waals surface area contributed by atoms with Crippen LogP contribution in [0.15, 0.2) is 11.6 Å². The van der Waals surface area contributed by atoms with Gasteiger partial charge in [-0.15, -0.1) is 0 Å². The Morgan fingerprint density at radius 2 is 2.08 bits per heavy atom. The Morgan fingerprint density at radius 1 is 1.33 bits per heavy atom. The maximum Gasteiger partial charge on any atom is 0.303 e. The minimum atomic E-state index is -0.936. The molecule has 5 atom stereocenters. The highest BCUT2D eigenvalue weighted by Gasteiger charge is 2.46. The second-order valence-corrected chi connectivity index (χ2v) is 7.90. The van der Waals surface area contributed by atoms with Crippen molar-refractivity contribution in [3.05, 3.63) is 11.6 Å². The summed E-state index contributed by atoms with van der Waals surface area (Å²) in [6, 6.07) is 0. The Bertz CT molecular complexity index is 576. The molecule has 0 spiro atoms. The molecule has 0 radical (unpaired) electrons. The van der Waals surface area contributed by atoms with Gasteiger partial charge in [0.1, 0.15) is 5.60 Å². The molecule has 4 heteroatoms. The molecule has 1 unspecified atom stereocenters. The average molecular weight is 332 g/mol. The highest BCUT2D eigenvalue weighted by molar-refractivity contribution is 5.66. The van der Waals surface area contributed by atoms with Gasteiger partial charge in [-0.3, -0.25) is 4.79 Å². The summed E-state index contributed by atoms with van der Waals surface area (Å²) in [6.45, 7) is 1.80. The first-order chi connectivity index (χ1) is 11.4. The van der Waals surface area contributed by atoms with Crippen LogP contribution in [0, 0.1) is 35.5 Å². The van der Waals surface area contributed by atoms with Gasteiger partial charge in [0, 0.05) is 6.42 Å². The van der Waals surface area contributed by atoms with Crippen molar-refractivity contribution in [3.8, 4) is 11.8 Å². The summed E-state index contributed by atoms with van der Waals surface area (Å²) >= 11 is 0. The number of carbonyl (C=O) groups is 1. The quantitative estimate of drug-likeness (QED) is 0.546. The summed E-state index contributed by atoms with van der Waals surface area (Å²) in [5.74, 6) is 6.53.